The molecule has 1 saturated heterocycles. The average Bonchev–Trinajstić information content (AvgIpc) is 2.87. The summed E-state index contributed by atoms with van der Waals surface area (Å²) in [6.07, 6.45) is 4.98. The molecule has 1 aromatic carbocycles. The molecule has 1 unspecified atom stereocenters. The van der Waals surface area contributed by atoms with E-state index >= 15 is 0 Å². The molecule has 1 atom stereocenters. The molecule has 0 radical (unpaired) electrons. The Bertz CT molecular complexity index is 1150. The van der Waals surface area contributed by atoms with Gasteiger partial charge in [0.05, 0.1) is 30.9 Å². The number of anilines is 1. The predicted octanol–water partition coefficient (Wildman–Crippen LogP) is 3.41. The Morgan fingerprint density at radius 1 is 1.37 bits per heavy atom. The van der Waals surface area contributed by atoms with Crippen LogP contribution in [0.25, 0.3) is 0 Å². The molecule has 3 heterocycles. The van der Waals surface area contributed by atoms with E-state index in [-0.39, 0.29) is 28.4 Å². The SMILES string of the molecule is CCc1c(F)cccc1NC(=S)C1=C(NCC2=C(OCC3COC(C)(C)CO3)CN(C)C=C2)CCNC1=O. The summed E-state index contributed by atoms with van der Waals surface area (Å²) >= 11 is 5.62. The number of nitrogens with one attached hydrogen (secondary N) is 3. The lowest BCUT2D eigenvalue weighted by atomic mass is 10.0. The van der Waals surface area contributed by atoms with Crippen LogP contribution in [-0.4, -0.2) is 74.0 Å². The van der Waals surface area contributed by atoms with Gasteiger partial charge >= 0.3 is 0 Å². The number of ether oxygens (including phenoxy) is 3. The Hall–Kier alpha value is -2.95. The van der Waals surface area contributed by atoms with Crippen LogP contribution in [-0.2, 0) is 25.4 Å². The molecule has 0 aromatic heterocycles. The van der Waals surface area contributed by atoms with Crippen molar-refractivity contribution in [1.29, 1.82) is 0 Å². The highest BCUT2D eigenvalue weighted by Crippen LogP contribution is 2.24. The first-order valence-electron chi connectivity index (χ1n) is 13.0. The van der Waals surface area contributed by atoms with Crippen molar-refractivity contribution in [3.63, 3.8) is 0 Å². The summed E-state index contributed by atoms with van der Waals surface area (Å²) in [5.74, 6) is 0.280. The lowest BCUT2D eigenvalue weighted by Crippen LogP contribution is -2.44. The van der Waals surface area contributed by atoms with Gasteiger partial charge in [-0.05, 0) is 44.7 Å². The van der Waals surface area contributed by atoms with E-state index in [2.05, 4.69) is 16.0 Å². The number of hydrogen-bond donors (Lipinski definition) is 3. The molecule has 0 aliphatic carbocycles. The van der Waals surface area contributed by atoms with Crippen LogP contribution >= 0.6 is 12.2 Å². The number of halogens is 1. The van der Waals surface area contributed by atoms with Gasteiger partial charge in [0.25, 0.3) is 5.91 Å². The zero-order chi connectivity index (χ0) is 27.3. The predicted molar refractivity (Wildman–Crippen MR) is 149 cm³/mol. The number of carbonyl (C=O) groups excluding carboxylic acids is 1. The van der Waals surface area contributed by atoms with Crippen molar-refractivity contribution in [3.05, 3.63) is 64.5 Å². The van der Waals surface area contributed by atoms with Gasteiger partial charge in [-0.2, -0.15) is 0 Å². The highest BCUT2D eigenvalue weighted by atomic mass is 32.1. The van der Waals surface area contributed by atoms with Crippen LogP contribution in [0.5, 0.6) is 0 Å². The molecule has 8 nitrogen and oxygen atoms in total. The minimum atomic E-state index is -0.303. The topological polar surface area (TPSA) is 84.1 Å². The first-order valence-corrected chi connectivity index (χ1v) is 13.4. The zero-order valence-corrected chi connectivity index (χ0v) is 23.3. The maximum atomic E-state index is 14.3. The summed E-state index contributed by atoms with van der Waals surface area (Å²) < 4.78 is 32.2. The molecule has 0 saturated carbocycles. The second kappa shape index (κ2) is 12.3. The molecular formula is C28H37FN4O4S. The van der Waals surface area contributed by atoms with E-state index in [1.165, 1.54) is 6.07 Å². The van der Waals surface area contributed by atoms with Crippen LogP contribution in [0.2, 0.25) is 0 Å². The summed E-state index contributed by atoms with van der Waals surface area (Å²) in [4.78, 5) is 15.1. The summed E-state index contributed by atoms with van der Waals surface area (Å²) in [6, 6.07) is 4.81. The quantitative estimate of drug-likeness (QED) is 0.408. The minimum absolute atomic E-state index is 0.128. The molecule has 38 heavy (non-hydrogen) atoms. The third-order valence-electron chi connectivity index (χ3n) is 6.68. The lowest BCUT2D eigenvalue weighted by Gasteiger charge is -2.35. The van der Waals surface area contributed by atoms with E-state index in [0.717, 1.165) is 17.0 Å². The van der Waals surface area contributed by atoms with Gasteiger partial charge in [0, 0.05) is 49.1 Å². The number of benzene rings is 1. The van der Waals surface area contributed by atoms with Crippen molar-refractivity contribution < 1.29 is 23.4 Å². The molecule has 10 heteroatoms. The van der Waals surface area contributed by atoms with E-state index in [9.17, 15) is 9.18 Å². The van der Waals surface area contributed by atoms with Gasteiger partial charge in [-0.25, -0.2) is 4.39 Å². The van der Waals surface area contributed by atoms with Crippen molar-refractivity contribution >= 4 is 28.8 Å². The fraction of sp³-hybridized carbons (Fsp3) is 0.500. The highest BCUT2D eigenvalue weighted by molar-refractivity contribution is 7.81. The average molecular weight is 545 g/mol. The fourth-order valence-corrected chi connectivity index (χ4v) is 4.82. The van der Waals surface area contributed by atoms with Crippen LogP contribution in [0.1, 0.15) is 32.8 Å². The van der Waals surface area contributed by atoms with Crippen molar-refractivity contribution in [2.45, 2.75) is 45.3 Å². The van der Waals surface area contributed by atoms with Gasteiger partial charge in [-0.1, -0.05) is 25.2 Å². The Balaban J connectivity index is 1.47. The molecule has 3 N–H and O–H groups in total. The summed E-state index contributed by atoms with van der Waals surface area (Å²) in [5, 5.41) is 9.38. The monoisotopic (exact) mass is 544 g/mol. The van der Waals surface area contributed by atoms with Crippen molar-refractivity contribution in [1.82, 2.24) is 15.5 Å². The lowest BCUT2D eigenvalue weighted by molar-refractivity contribution is -0.185. The normalized spacial score (nSPS) is 21.3. The summed E-state index contributed by atoms with van der Waals surface area (Å²) in [7, 11) is 1.99. The molecule has 0 spiro atoms. The van der Waals surface area contributed by atoms with Crippen LogP contribution in [0.3, 0.4) is 0 Å². The number of carbonyl (C=O) groups is 1. The number of likely N-dealkylation sites (N-methyl/N-ethyl adjacent to an activating group) is 1. The van der Waals surface area contributed by atoms with E-state index < -0.39 is 0 Å². The Labute approximate surface area is 229 Å². The number of thiocarbonyl (C=S) groups is 1. The van der Waals surface area contributed by atoms with Crippen LogP contribution in [0, 0.1) is 5.82 Å². The second-order valence-corrected chi connectivity index (χ2v) is 10.7. The zero-order valence-electron chi connectivity index (χ0n) is 22.5. The van der Waals surface area contributed by atoms with Crippen LogP contribution < -0.4 is 16.0 Å². The Kier molecular flexibility index (Phi) is 9.07. The summed E-state index contributed by atoms with van der Waals surface area (Å²) in [5.41, 5.74) is 2.91. The molecule has 4 rings (SSSR count). The third-order valence-corrected chi connectivity index (χ3v) is 6.99. The summed E-state index contributed by atoms with van der Waals surface area (Å²) in [6.45, 7) is 8.89. The van der Waals surface area contributed by atoms with Crippen LogP contribution in [0.4, 0.5) is 10.1 Å². The van der Waals surface area contributed by atoms with Gasteiger partial charge in [-0.15, -0.1) is 0 Å². The number of hydrogen-bond acceptors (Lipinski definition) is 7. The molecule has 1 fully saturated rings. The molecule has 206 valence electrons. The van der Waals surface area contributed by atoms with E-state index in [1.54, 1.807) is 12.1 Å². The first-order chi connectivity index (χ1) is 18.2. The van der Waals surface area contributed by atoms with Gasteiger partial charge in [-0.3, -0.25) is 4.79 Å². The molecule has 3 aliphatic rings. The molecule has 1 aromatic rings. The van der Waals surface area contributed by atoms with Crippen molar-refractivity contribution in [3.8, 4) is 0 Å². The number of amides is 1. The van der Waals surface area contributed by atoms with Gasteiger partial charge < -0.3 is 35.1 Å². The Morgan fingerprint density at radius 3 is 2.92 bits per heavy atom. The van der Waals surface area contributed by atoms with Crippen molar-refractivity contribution in [2.75, 3.05) is 51.8 Å². The molecular weight excluding hydrogens is 507 g/mol. The molecule has 3 aliphatic heterocycles. The largest absolute Gasteiger partial charge is 0.493 e. The first kappa shape index (κ1) is 28.1. The Morgan fingerprint density at radius 2 is 2.18 bits per heavy atom. The molecule has 0 bridgehead atoms. The van der Waals surface area contributed by atoms with E-state index in [0.29, 0.717) is 69.1 Å². The maximum absolute atomic E-state index is 14.3. The van der Waals surface area contributed by atoms with E-state index in [1.807, 2.05) is 45.0 Å². The maximum Gasteiger partial charge on any atom is 0.256 e. The van der Waals surface area contributed by atoms with Crippen LogP contribution in [0.15, 0.2) is 53.1 Å². The fourth-order valence-electron chi connectivity index (χ4n) is 4.49. The highest BCUT2D eigenvalue weighted by Gasteiger charge is 2.29. The van der Waals surface area contributed by atoms with Gasteiger partial charge in [0.15, 0.2) is 0 Å². The van der Waals surface area contributed by atoms with Gasteiger partial charge in [0.2, 0.25) is 0 Å². The standard InChI is InChI=1S/C28H37FN4O4S/c1-5-20-21(29)7-6-8-22(20)32-27(38)25-23(9-11-30-26(25)34)31-13-18-10-12-33(4)14-24(18)35-15-19-16-37-28(2,3)17-36-19/h6-8,10,12,19,31H,5,9,11,13-17H2,1-4H3,(H,30,34)(H,32,38). The number of nitrogens with zero attached hydrogens (tertiary/aromatic N) is 1. The van der Waals surface area contributed by atoms with E-state index in [4.69, 9.17) is 26.4 Å². The third kappa shape index (κ3) is 6.92. The van der Waals surface area contributed by atoms with Gasteiger partial charge in [0.1, 0.15) is 29.3 Å². The minimum Gasteiger partial charge on any atom is -0.493 e. The van der Waals surface area contributed by atoms with Crippen molar-refractivity contribution in [2.24, 2.45) is 0 Å². The second-order valence-electron chi connectivity index (χ2n) is 10.3. The molecule has 1 amide bonds. The number of rotatable bonds is 9. The smallest absolute Gasteiger partial charge is 0.256 e.